The summed E-state index contributed by atoms with van der Waals surface area (Å²) in [6.45, 7) is 5.48. The Morgan fingerprint density at radius 2 is 2.03 bits per heavy atom. The number of thiophene rings is 1. The van der Waals surface area contributed by atoms with Crippen LogP contribution in [0.1, 0.15) is 52.4 Å². The highest BCUT2D eigenvalue weighted by molar-refractivity contribution is 7.16. The van der Waals surface area contributed by atoms with Crippen LogP contribution in [-0.4, -0.2) is 36.5 Å². The van der Waals surface area contributed by atoms with Crippen LogP contribution < -0.4 is 5.32 Å². The standard InChI is InChI=1S/C25H27FN2O4S/c1-3-31-25(30)17-9-11-28(12-10-17)22(18-6-4-7-19(26)15-18)20-14-16(2)33-24(20)27-23(29)21-8-5-13-32-21/h4-8,13-15,17,22H,3,9-12H2,1-2H3,(H,27,29)/t22-/m0/s1. The fourth-order valence-corrected chi connectivity index (χ4v) is 5.26. The van der Waals surface area contributed by atoms with E-state index < -0.39 is 0 Å². The second-order valence-electron chi connectivity index (χ2n) is 8.09. The van der Waals surface area contributed by atoms with E-state index >= 15 is 0 Å². The number of rotatable bonds is 7. The number of anilines is 1. The molecule has 33 heavy (non-hydrogen) atoms. The van der Waals surface area contributed by atoms with Crippen molar-refractivity contribution < 1.29 is 23.1 Å². The van der Waals surface area contributed by atoms with Crippen LogP contribution in [0.5, 0.6) is 0 Å². The van der Waals surface area contributed by atoms with E-state index in [1.165, 1.54) is 29.7 Å². The molecule has 2 aromatic heterocycles. The molecule has 0 spiro atoms. The van der Waals surface area contributed by atoms with E-state index in [1.54, 1.807) is 18.2 Å². The molecule has 1 aliphatic rings. The molecular formula is C25H27FN2O4S. The fraction of sp³-hybridized carbons (Fsp3) is 0.360. The number of aryl methyl sites for hydroxylation is 1. The Hall–Kier alpha value is -2.97. The Morgan fingerprint density at radius 3 is 2.70 bits per heavy atom. The van der Waals surface area contributed by atoms with Crippen LogP contribution in [0.3, 0.4) is 0 Å². The van der Waals surface area contributed by atoms with Gasteiger partial charge in [0.2, 0.25) is 0 Å². The number of carbonyl (C=O) groups is 2. The molecule has 0 unspecified atom stereocenters. The van der Waals surface area contributed by atoms with Crippen LogP contribution in [0.4, 0.5) is 9.39 Å². The third-order valence-corrected chi connectivity index (χ3v) is 6.81. The first-order valence-electron chi connectivity index (χ1n) is 11.1. The summed E-state index contributed by atoms with van der Waals surface area (Å²) in [6.07, 6.45) is 2.79. The zero-order chi connectivity index (χ0) is 23.4. The van der Waals surface area contributed by atoms with Crippen molar-refractivity contribution in [1.29, 1.82) is 0 Å². The lowest BCUT2D eigenvalue weighted by atomic mass is 9.91. The topological polar surface area (TPSA) is 71.8 Å². The Labute approximate surface area is 196 Å². The second kappa shape index (κ2) is 10.3. The van der Waals surface area contributed by atoms with Crippen molar-refractivity contribution >= 4 is 28.2 Å². The van der Waals surface area contributed by atoms with Crippen molar-refractivity contribution in [1.82, 2.24) is 4.90 Å². The van der Waals surface area contributed by atoms with Crippen LogP contribution in [0.25, 0.3) is 0 Å². The number of amides is 1. The van der Waals surface area contributed by atoms with Gasteiger partial charge in [0.1, 0.15) is 10.8 Å². The summed E-state index contributed by atoms with van der Waals surface area (Å²) in [5.74, 6) is -0.701. The molecule has 1 saturated heterocycles. The highest BCUT2D eigenvalue weighted by atomic mass is 32.1. The molecule has 174 valence electrons. The summed E-state index contributed by atoms with van der Waals surface area (Å²) >= 11 is 1.48. The molecule has 1 N–H and O–H groups in total. The number of nitrogens with one attached hydrogen (secondary N) is 1. The summed E-state index contributed by atoms with van der Waals surface area (Å²) in [7, 11) is 0. The van der Waals surface area contributed by atoms with Gasteiger partial charge in [-0.2, -0.15) is 0 Å². The summed E-state index contributed by atoms with van der Waals surface area (Å²) in [5.41, 5.74) is 1.70. The minimum Gasteiger partial charge on any atom is -0.466 e. The average molecular weight is 471 g/mol. The number of hydrogen-bond donors (Lipinski definition) is 1. The molecule has 1 aliphatic heterocycles. The number of ether oxygens (including phenoxy) is 1. The van der Waals surface area contributed by atoms with Crippen molar-refractivity contribution in [2.24, 2.45) is 5.92 Å². The number of hydrogen-bond acceptors (Lipinski definition) is 6. The minimum atomic E-state index is -0.331. The smallest absolute Gasteiger partial charge is 0.309 e. The van der Waals surface area contributed by atoms with Crippen molar-refractivity contribution in [3.8, 4) is 0 Å². The lowest BCUT2D eigenvalue weighted by Gasteiger charge is -2.37. The third kappa shape index (κ3) is 5.34. The van der Waals surface area contributed by atoms with Gasteiger partial charge in [-0.05, 0) is 75.7 Å². The molecule has 1 aromatic carbocycles. The van der Waals surface area contributed by atoms with E-state index in [-0.39, 0.29) is 35.4 Å². The Bertz CT molecular complexity index is 1100. The number of carbonyl (C=O) groups excluding carboxylic acids is 2. The normalized spacial score (nSPS) is 15.8. The Morgan fingerprint density at radius 1 is 1.24 bits per heavy atom. The van der Waals surface area contributed by atoms with Crippen molar-refractivity contribution in [3.05, 3.63) is 76.3 Å². The first kappa shape index (κ1) is 23.2. The number of esters is 1. The lowest BCUT2D eigenvalue weighted by Crippen LogP contribution is -2.39. The SMILES string of the molecule is CCOC(=O)C1CCN([C@@H](c2cccc(F)c2)c2cc(C)sc2NC(=O)c2ccco2)CC1. The predicted molar refractivity (Wildman–Crippen MR) is 125 cm³/mol. The van der Waals surface area contributed by atoms with Gasteiger partial charge in [0.15, 0.2) is 5.76 Å². The zero-order valence-corrected chi connectivity index (χ0v) is 19.5. The van der Waals surface area contributed by atoms with Gasteiger partial charge in [-0.15, -0.1) is 11.3 Å². The van der Waals surface area contributed by atoms with E-state index in [4.69, 9.17) is 9.15 Å². The van der Waals surface area contributed by atoms with E-state index in [1.807, 2.05) is 26.0 Å². The Balaban J connectivity index is 1.64. The molecule has 1 fully saturated rings. The van der Waals surface area contributed by atoms with Gasteiger partial charge in [-0.25, -0.2) is 4.39 Å². The maximum absolute atomic E-state index is 14.2. The highest BCUT2D eigenvalue weighted by Gasteiger charge is 2.33. The molecule has 0 radical (unpaired) electrons. The van der Waals surface area contributed by atoms with Gasteiger partial charge >= 0.3 is 5.97 Å². The summed E-state index contributed by atoms with van der Waals surface area (Å²) in [6, 6.07) is 11.6. The van der Waals surface area contributed by atoms with Crippen LogP contribution in [0.15, 0.2) is 53.1 Å². The molecule has 3 aromatic rings. The van der Waals surface area contributed by atoms with Crippen LogP contribution in [0.2, 0.25) is 0 Å². The van der Waals surface area contributed by atoms with Crippen LogP contribution in [0, 0.1) is 18.7 Å². The van der Waals surface area contributed by atoms with Gasteiger partial charge in [-0.1, -0.05) is 12.1 Å². The van der Waals surface area contributed by atoms with E-state index in [9.17, 15) is 14.0 Å². The Kier molecular flexibility index (Phi) is 7.25. The van der Waals surface area contributed by atoms with Crippen molar-refractivity contribution in [2.75, 3.05) is 25.0 Å². The summed E-state index contributed by atoms with van der Waals surface area (Å²) < 4.78 is 24.6. The van der Waals surface area contributed by atoms with Gasteiger partial charge < -0.3 is 14.5 Å². The first-order chi connectivity index (χ1) is 16.0. The molecule has 3 heterocycles. The molecule has 1 atom stereocenters. The summed E-state index contributed by atoms with van der Waals surface area (Å²) in [4.78, 5) is 28.2. The number of benzene rings is 1. The zero-order valence-electron chi connectivity index (χ0n) is 18.7. The van der Waals surface area contributed by atoms with E-state index in [0.29, 0.717) is 37.5 Å². The number of halogens is 1. The van der Waals surface area contributed by atoms with E-state index in [2.05, 4.69) is 10.2 Å². The predicted octanol–water partition coefficient (Wildman–Crippen LogP) is 5.41. The van der Waals surface area contributed by atoms with Crippen LogP contribution in [-0.2, 0) is 9.53 Å². The summed E-state index contributed by atoms with van der Waals surface area (Å²) in [5, 5.41) is 3.68. The van der Waals surface area contributed by atoms with Gasteiger partial charge in [-0.3, -0.25) is 14.5 Å². The molecule has 6 nitrogen and oxygen atoms in total. The monoisotopic (exact) mass is 470 g/mol. The molecule has 1 amide bonds. The largest absolute Gasteiger partial charge is 0.466 e. The molecular weight excluding hydrogens is 443 g/mol. The number of furan rings is 1. The fourth-order valence-electron chi connectivity index (χ4n) is 4.32. The van der Waals surface area contributed by atoms with Crippen LogP contribution >= 0.6 is 11.3 Å². The first-order valence-corrected chi connectivity index (χ1v) is 11.9. The second-order valence-corrected chi connectivity index (χ2v) is 9.35. The molecule has 8 heteroatoms. The van der Waals surface area contributed by atoms with Gasteiger partial charge in [0.05, 0.1) is 24.8 Å². The van der Waals surface area contributed by atoms with Gasteiger partial charge in [0.25, 0.3) is 5.91 Å². The number of nitrogens with zero attached hydrogens (tertiary/aromatic N) is 1. The maximum atomic E-state index is 14.2. The molecule has 0 bridgehead atoms. The highest BCUT2D eigenvalue weighted by Crippen LogP contribution is 2.41. The average Bonchev–Trinajstić information content (AvgIpc) is 3.45. The van der Waals surface area contributed by atoms with Gasteiger partial charge in [0, 0.05) is 10.4 Å². The molecule has 4 rings (SSSR count). The number of piperidine rings is 1. The lowest BCUT2D eigenvalue weighted by molar-refractivity contribution is -0.149. The molecule has 0 saturated carbocycles. The quantitative estimate of drug-likeness (QED) is 0.468. The minimum absolute atomic E-state index is 0.128. The maximum Gasteiger partial charge on any atom is 0.309 e. The third-order valence-electron chi connectivity index (χ3n) is 5.83. The van der Waals surface area contributed by atoms with Crippen molar-refractivity contribution in [2.45, 2.75) is 32.7 Å². The molecule has 0 aliphatic carbocycles. The van der Waals surface area contributed by atoms with E-state index in [0.717, 1.165) is 16.0 Å². The van der Waals surface area contributed by atoms with Crippen molar-refractivity contribution in [3.63, 3.8) is 0 Å². The number of likely N-dealkylation sites (tertiary alicyclic amines) is 1.